The van der Waals surface area contributed by atoms with E-state index < -0.39 is 35.5 Å². The van der Waals surface area contributed by atoms with Crippen molar-refractivity contribution in [1.82, 2.24) is 0 Å². The molecule has 0 aromatic heterocycles. The molecule has 0 amide bonds. The Bertz CT molecular complexity index is 1020. The topological polar surface area (TPSA) is 156 Å². The zero-order chi connectivity index (χ0) is 26.2. The Balaban J connectivity index is 0.000000247. The van der Waals surface area contributed by atoms with Crippen LogP contribution in [0.1, 0.15) is 36.2 Å². The monoisotopic (exact) mass is 491 g/mol. The second-order valence-corrected chi connectivity index (χ2v) is 8.22. The highest BCUT2D eigenvalue weighted by Crippen LogP contribution is 2.39. The van der Waals surface area contributed by atoms with Crippen LogP contribution in [0.5, 0.6) is 0 Å². The SMILES string of the molecule is CC[C@H]1OC[C@@](N)(c2ccccc2F)[C@@H]1CO.C[C@@H](C(=O)O)[C@@H](OC(=O)c1ccccc1)C(=O)O. The van der Waals surface area contributed by atoms with Crippen molar-refractivity contribution in [2.45, 2.75) is 38.0 Å². The third kappa shape index (κ3) is 6.62. The van der Waals surface area contributed by atoms with E-state index in [0.29, 0.717) is 5.56 Å². The maximum atomic E-state index is 13.8. The van der Waals surface area contributed by atoms with Crippen LogP contribution in [-0.4, -0.2) is 58.6 Å². The number of benzene rings is 2. The van der Waals surface area contributed by atoms with Gasteiger partial charge in [0.2, 0.25) is 6.10 Å². The fourth-order valence-corrected chi connectivity index (χ4v) is 3.85. The van der Waals surface area contributed by atoms with Crippen molar-refractivity contribution in [3.8, 4) is 0 Å². The number of aliphatic carboxylic acids is 2. The van der Waals surface area contributed by atoms with Crippen molar-refractivity contribution in [2.24, 2.45) is 17.6 Å². The summed E-state index contributed by atoms with van der Waals surface area (Å²) in [6.45, 7) is 3.29. The Labute approximate surface area is 202 Å². The van der Waals surface area contributed by atoms with E-state index in [9.17, 15) is 23.9 Å². The lowest BCUT2D eigenvalue weighted by molar-refractivity contribution is -0.158. The van der Waals surface area contributed by atoms with Gasteiger partial charge in [-0.3, -0.25) is 4.79 Å². The largest absolute Gasteiger partial charge is 0.481 e. The number of aliphatic hydroxyl groups excluding tert-OH is 1. The average molecular weight is 492 g/mol. The molecule has 0 unspecified atom stereocenters. The van der Waals surface area contributed by atoms with Crippen molar-refractivity contribution < 1.29 is 43.6 Å². The van der Waals surface area contributed by atoms with Gasteiger partial charge < -0.3 is 30.5 Å². The van der Waals surface area contributed by atoms with E-state index in [1.165, 1.54) is 25.1 Å². The van der Waals surface area contributed by atoms with Gasteiger partial charge in [-0.05, 0) is 31.5 Å². The standard InChI is InChI=1S/C13H18FNO2.C12H12O6/c1-2-12-10(7-16)13(15,8-17-12)9-5-3-4-6-11(9)14;1-7(10(13)14)9(11(15)16)18-12(17)8-5-3-2-4-6-8/h3-6,10,12,16H,2,7-8,15H2,1H3;2-7,9H,1H3,(H,13,14)(H,15,16)/t10-,12-,13-;7-,9-/m11/s1. The minimum atomic E-state index is -1.71. The van der Waals surface area contributed by atoms with Gasteiger partial charge in [0.15, 0.2) is 0 Å². The van der Waals surface area contributed by atoms with E-state index >= 15 is 0 Å². The number of hydrogen-bond donors (Lipinski definition) is 4. The number of esters is 1. The number of hydrogen-bond acceptors (Lipinski definition) is 7. The zero-order valence-corrected chi connectivity index (χ0v) is 19.5. The van der Waals surface area contributed by atoms with E-state index in [1.807, 2.05) is 6.92 Å². The first-order valence-corrected chi connectivity index (χ1v) is 11.0. The smallest absolute Gasteiger partial charge is 0.345 e. The van der Waals surface area contributed by atoms with Crippen LogP contribution in [-0.2, 0) is 24.6 Å². The summed E-state index contributed by atoms with van der Waals surface area (Å²) in [6.07, 6.45) is -1.06. The molecule has 2 aromatic carbocycles. The third-order valence-electron chi connectivity index (χ3n) is 5.95. The maximum Gasteiger partial charge on any atom is 0.345 e. The lowest BCUT2D eigenvalue weighted by Crippen LogP contribution is -2.47. The van der Waals surface area contributed by atoms with Crippen molar-refractivity contribution in [3.63, 3.8) is 0 Å². The average Bonchev–Trinajstić information content (AvgIpc) is 3.19. The molecule has 0 bridgehead atoms. The molecular weight excluding hydrogens is 461 g/mol. The molecule has 10 heteroatoms. The van der Waals surface area contributed by atoms with Crippen molar-refractivity contribution in [3.05, 3.63) is 71.5 Å². The summed E-state index contributed by atoms with van der Waals surface area (Å²) in [5, 5.41) is 27.1. The molecule has 5 N–H and O–H groups in total. The number of rotatable bonds is 8. The molecule has 0 aliphatic carbocycles. The Morgan fingerprint density at radius 3 is 2.23 bits per heavy atom. The number of carboxylic acids is 2. The molecule has 0 saturated carbocycles. The van der Waals surface area contributed by atoms with Crippen LogP contribution >= 0.6 is 0 Å². The van der Waals surface area contributed by atoms with E-state index in [0.717, 1.165) is 6.42 Å². The summed E-state index contributed by atoms with van der Waals surface area (Å²) in [7, 11) is 0. The molecule has 1 aliphatic rings. The lowest BCUT2D eigenvalue weighted by atomic mass is 9.78. The summed E-state index contributed by atoms with van der Waals surface area (Å²) in [5.41, 5.74) is 5.94. The van der Waals surface area contributed by atoms with Crippen molar-refractivity contribution >= 4 is 17.9 Å². The summed E-state index contributed by atoms with van der Waals surface area (Å²) in [4.78, 5) is 33.2. The Morgan fingerprint density at radius 1 is 1.11 bits per heavy atom. The minimum Gasteiger partial charge on any atom is -0.481 e. The second kappa shape index (κ2) is 12.4. The van der Waals surface area contributed by atoms with Crippen LogP contribution in [0.3, 0.4) is 0 Å². The van der Waals surface area contributed by atoms with Gasteiger partial charge >= 0.3 is 17.9 Å². The van der Waals surface area contributed by atoms with Crippen molar-refractivity contribution in [2.75, 3.05) is 13.2 Å². The highest BCUT2D eigenvalue weighted by atomic mass is 19.1. The molecule has 2 aromatic rings. The second-order valence-electron chi connectivity index (χ2n) is 8.22. The van der Waals surface area contributed by atoms with E-state index in [4.69, 9.17) is 25.4 Å². The van der Waals surface area contributed by atoms with Gasteiger partial charge in [0.1, 0.15) is 11.7 Å². The molecule has 1 heterocycles. The molecule has 0 radical (unpaired) electrons. The van der Waals surface area contributed by atoms with Crippen LogP contribution in [0.15, 0.2) is 54.6 Å². The minimum absolute atomic E-state index is 0.0939. The summed E-state index contributed by atoms with van der Waals surface area (Å²) < 4.78 is 24.1. The Morgan fingerprint density at radius 2 is 1.71 bits per heavy atom. The van der Waals surface area contributed by atoms with Gasteiger partial charge in [-0.2, -0.15) is 0 Å². The first-order valence-electron chi connectivity index (χ1n) is 11.0. The first-order chi connectivity index (χ1) is 16.6. The molecule has 1 aliphatic heterocycles. The molecular formula is C25H30FNO8. The molecule has 190 valence electrons. The number of halogens is 1. The lowest BCUT2D eigenvalue weighted by Gasteiger charge is -2.30. The molecule has 9 nitrogen and oxygen atoms in total. The quantitative estimate of drug-likeness (QED) is 0.407. The maximum absolute atomic E-state index is 13.8. The van der Waals surface area contributed by atoms with E-state index in [1.54, 1.807) is 36.4 Å². The Kier molecular flexibility index (Phi) is 9.88. The van der Waals surface area contributed by atoms with Crippen molar-refractivity contribution in [1.29, 1.82) is 0 Å². The number of carbonyl (C=O) groups excluding carboxylic acids is 1. The van der Waals surface area contributed by atoms with Crippen LogP contribution in [0.2, 0.25) is 0 Å². The highest BCUT2D eigenvalue weighted by molar-refractivity contribution is 5.92. The van der Waals surface area contributed by atoms with E-state index in [2.05, 4.69) is 0 Å². The fraction of sp³-hybridized carbons (Fsp3) is 0.400. The molecule has 35 heavy (non-hydrogen) atoms. The summed E-state index contributed by atoms with van der Waals surface area (Å²) in [5.74, 6) is -5.62. The zero-order valence-electron chi connectivity index (χ0n) is 19.5. The highest BCUT2D eigenvalue weighted by Gasteiger charge is 2.48. The Hall–Kier alpha value is -3.34. The van der Waals surface area contributed by atoms with Gasteiger partial charge in [0.25, 0.3) is 0 Å². The summed E-state index contributed by atoms with van der Waals surface area (Å²) >= 11 is 0. The number of ether oxygens (including phenoxy) is 2. The van der Waals surface area contributed by atoms with Crippen LogP contribution in [0.25, 0.3) is 0 Å². The van der Waals surface area contributed by atoms with Gasteiger partial charge in [0.05, 0.1) is 30.4 Å². The molecule has 3 rings (SSSR count). The van der Waals surface area contributed by atoms with Gasteiger partial charge in [-0.1, -0.05) is 43.3 Å². The van der Waals surface area contributed by atoms with Crippen LogP contribution in [0, 0.1) is 17.7 Å². The van der Waals surface area contributed by atoms with Gasteiger partial charge in [-0.25, -0.2) is 14.0 Å². The van der Waals surface area contributed by atoms with Crippen LogP contribution in [0.4, 0.5) is 4.39 Å². The summed E-state index contributed by atoms with van der Waals surface area (Å²) in [6, 6.07) is 14.2. The molecule has 1 fully saturated rings. The van der Waals surface area contributed by atoms with Crippen LogP contribution < -0.4 is 5.73 Å². The molecule has 0 spiro atoms. The predicted molar refractivity (Wildman–Crippen MR) is 123 cm³/mol. The number of aliphatic hydroxyl groups is 1. The van der Waals surface area contributed by atoms with Gasteiger partial charge in [-0.15, -0.1) is 0 Å². The number of nitrogens with two attached hydrogens (primary N) is 1. The normalized spacial score (nSPS) is 22.9. The van der Waals surface area contributed by atoms with Gasteiger partial charge in [0, 0.05) is 11.5 Å². The third-order valence-corrected chi connectivity index (χ3v) is 5.95. The number of carboxylic acid groups (broad SMARTS) is 2. The number of carbonyl (C=O) groups is 3. The predicted octanol–water partition coefficient (Wildman–Crippen LogP) is 2.41. The molecule has 1 saturated heterocycles. The fourth-order valence-electron chi connectivity index (χ4n) is 3.85. The molecule has 5 atom stereocenters. The van der Waals surface area contributed by atoms with E-state index in [-0.39, 0.29) is 36.6 Å². The first kappa shape index (κ1) is 27.9.